The van der Waals surface area contributed by atoms with Crippen molar-refractivity contribution in [3.63, 3.8) is 0 Å². The minimum atomic E-state index is 0.462. The van der Waals surface area contributed by atoms with Crippen molar-refractivity contribution in [1.82, 2.24) is 0 Å². The summed E-state index contributed by atoms with van der Waals surface area (Å²) in [4.78, 5) is 0. The van der Waals surface area contributed by atoms with Crippen LogP contribution in [0, 0.1) is 13.8 Å². The fourth-order valence-corrected chi connectivity index (χ4v) is 3.10. The van der Waals surface area contributed by atoms with Gasteiger partial charge < -0.3 is 10.5 Å². The van der Waals surface area contributed by atoms with Crippen LogP contribution in [0.5, 0.6) is 5.75 Å². The molecule has 2 aromatic carbocycles. The number of hydrogen-bond donors (Lipinski definition) is 1. The van der Waals surface area contributed by atoms with Gasteiger partial charge in [-0.3, -0.25) is 0 Å². The molecule has 0 unspecified atom stereocenters. The molecule has 0 radical (unpaired) electrons. The SMILES string of the molecule is Cc1cc(CCN)cc(C)c1OCc1ccc(Br)cc1Cl. The van der Waals surface area contributed by atoms with E-state index in [-0.39, 0.29) is 0 Å². The summed E-state index contributed by atoms with van der Waals surface area (Å²) in [6.07, 6.45) is 0.889. The molecule has 2 aromatic rings. The summed E-state index contributed by atoms with van der Waals surface area (Å²) >= 11 is 9.62. The number of halogens is 2. The summed E-state index contributed by atoms with van der Waals surface area (Å²) in [7, 11) is 0. The maximum Gasteiger partial charge on any atom is 0.125 e. The first-order valence-electron chi connectivity index (χ1n) is 6.88. The predicted molar refractivity (Wildman–Crippen MR) is 92.2 cm³/mol. The number of ether oxygens (including phenoxy) is 1. The highest BCUT2D eigenvalue weighted by Gasteiger charge is 2.08. The van der Waals surface area contributed by atoms with Gasteiger partial charge in [0.05, 0.1) is 0 Å². The monoisotopic (exact) mass is 367 g/mol. The largest absolute Gasteiger partial charge is 0.488 e. The van der Waals surface area contributed by atoms with Crippen LogP contribution in [0.15, 0.2) is 34.8 Å². The zero-order chi connectivity index (χ0) is 15.4. The van der Waals surface area contributed by atoms with E-state index < -0.39 is 0 Å². The molecule has 0 heterocycles. The Hall–Kier alpha value is -1.03. The first kappa shape index (κ1) is 16.3. The maximum atomic E-state index is 6.22. The standard InChI is InChI=1S/C17H19BrClNO/c1-11-7-13(5-6-20)8-12(2)17(11)21-10-14-3-4-15(18)9-16(14)19/h3-4,7-9H,5-6,10,20H2,1-2H3. The van der Waals surface area contributed by atoms with Crippen molar-refractivity contribution in [2.45, 2.75) is 26.9 Å². The van der Waals surface area contributed by atoms with Gasteiger partial charge in [0.1, 0.15) is 12.4 Å². The normalized spacial score (nSPS) is 10.7. The number of aryl methyl sites for hydroxylation is 2. The molecule has 0 atom stereocenters. The topological polar surface area (TPSA) is 35.2 Å². The van der Waals surface area contributed by atoms with Crippen LogP contribution in [0.4, 0.5) is 0 Å². The van der Waals surface area contributed by atoms with E-state index in [1.807, 2.05) is 18.2 Å². The Labute approximate surface area is 139 Å². The second-order valence-corrected chi connectivity index (χ2v) is 6.44. The average molecular weight is 369 g/mol. The third-order valence-electron chi connectivity index (χ3n) is 3.34. The van der Waals surface area contributed by atoms with E-state index in [0.29, 0.717) is 18.2 Å². The molecule has 0 saturated heterocycles. The Bertz CT molecular complexity index is 620. The molecule has 0 aliphatic rings. The van der Waals surface area contributed by atoms with Gasteiger partial charge in [-0.2, -0.15) is 0 Å². The molecule has 0 saturated carbocycles. The highest BCUT2D eigenvalue weighted by Crippen LogP contribution is 2.28. The van der Waals surface area contributed by atoms with Gasteiger partial charge in [0.15, 0.2) is 0 Å². The van der Waals surface area contributed by atoms with E-state index in [4.69, 9.17) is 22.1 Å². The van der Waals surface area contributed by atoms with Crippen LogP contribution in [0.1, 0.15) is 22.3 Å². The highest BCUT2D eigenvalue weighted by atomic mass is 79.9. The molecule has 0 bridgehead atoms. The van der Waals surface area contributed by atoms with Gasteiger partial charge in [-0.25, -0.2) is 0 Å². The van der Waals surface area contributed by atoms with Gasteiger partial charge >= 0.3 is 0 Å². The Kier molecular flexibility index (Phi) is 5.68. The second-order valence-electron chi connectivity index (χ2n) is 5.12. The molecule has 0 amide bonds. The Morgan fingerprint density at radius 2 is 1.81 bits per heavy atom. The number of nitrogens with two attached hydrogens (primary N) is 1. The number of benzene rings is 2. The van der Waals surface area contributed by atoms with Crippen LogP contribution in [0.25, 0.3) is 0 Å². The molecule has 0 aliphatic carbocycles. The fourth-order valence-electron chi connectivity index (χ4n) is 2.37. The molecular formula is C17H19BrClNO. The second kappa shape index (κ2) is 7.30. The molecule has 112 valence electrons. The van der Waals surface area contributed by atoms with Crippen molar-refractivity contribution in [3.8, 4) is 5.75 Å². The quantitative estimate of drug-likeness (QED) is 0.822. The lowest BCUT2D eigenvalue weighted by atomic mass is 10.0. The molecular weight excluding hydrogens is 350 g/mol. The van der Waals surface area contributed by atoms with Crippen LogP contribution in [0.3, 0.4) is 0 Å². The number of hydrogen-bond acceptors (Lipinski definition) is 2. The Morgan fingerprint density at radius 3 is 2.38 bits per heavy atom. The van der Waals surface area contributed by atoms with Gasteiger partial charge in [0.25, 0.3) is 0 Å². The summed E-state index contributed by atoms with van der Waals surface area (Å²) in [6, 6.07) is 10.1. The minimum Gasteiger partial charge on any atom is -0.488 e. The fraction of sp³-hybridized carbons (Fsp3) is 0.294. The van der Waals surface area contributed by atoms with Gasteiger partial charge in [0.2, 0.25) is 0 Å². The van der Waals surface area contributed by atoms with Gasteiger partial charge in [-0.1, -0.05) is 45.7 Å². The molecule has 0 spiro atoms. The van der Waals surface area contributed by atoms with Crippen LogP contribution < -0.4 is 10.5 Å². The van der Waals surface area contributed by atoms with Crippen LogP contribution in [0.2, 0.25) is 5.02 Å². The Balaban J connectivity index is 2.16. The molecule has 0 aliphatic heterocycles. The minimum absolute atomic E-state index is 0.462. The van der Waals surface area contributed by atoms with E-state index in [2.05, 4.69) is 41.9 Å². The highest BCUT2D eigenvalue weighted by molar-refractivity contribution is 9.10. The third kappa shape index (κ3) is 4.22. The molecule has 21 heavy (non-hydrogen) atoms. The first-order chi connectivity index (χ1) is 10.0. The molecule has 0 fully saturated rings. The van der Waals surface area contributed by atoms with Crippen molar-refractivity contribution in [2.24, 2.45) is 5.73 Å². The lowest BCUT2D eigenvalue weighted by Gasteiger charge is -2.15. The lowest BCUT2D eigenvalue weighted by Crippen LogP contribution is -2.05. The van der Waals surface area contributed by atoms with Gasteiger partial charge in [-0.05, 0) is 55.6 Å². The summed E-state index contributed by atoms with van der Waals surface area (Å²) in [5.74, 6) is 0.926. The average Bonchev–Trinajstić information content (AvgIpc) is 2.40. The van der Waals surface area contributed by atoms with E-state index in [9.17, 15) is 0 Å². The van der Waals surface area contributed by atoms with Crippen molar-refractivity contribution in [2.75, 3.05) is 6.54 Å². The zero-order valence-electron chi connectivity index (χ0n) is 12.2. The summed E-state index contributed by atoms with van der Waals surface area (Å²) < 4.78 is 6.94. The molecule has 4 heteroatoms. The van der Waals surface area contributed by atoms with E-state index >= 15 is 0 Å². The molecule has 0 aromatic heterocycles. The summed E-state index contributed by atoms with van der Waals surface area (Å²) in [5, 5.41) is 0.708. The smallest absolute Gasteiger partial charge is 0.125 e. The third-order valence-corrected chi connectivity index (χ3v) is 4.19. The molecule has 2 rings (SSSR count). The summed E-state index contributed by atoms with van der Waals surface area (Å²) in [6.45, 7) is 5.24. The van der Waals surface area contributed by atoms with E-state index in [1.54, 1.807) is 0 Å². The first-order valence-corrected chi connectivity index (χ1v) is 8.05. The van der Waals surface area contributed by atoms with Crippen LogP contribution >= 0.6 is 27.5 Å². The molecule has 2 N–H and O–H groups in total. The summed E-state index contributed by atoms with van der Waals surface area (Å²) in [5.41, 5.74) is 10.1. The van der Waals surface area contributed by atoms with Crippen molar-refractivity contribution >= 4 is 27.5 Å². The van der Waals surface area contributed by atoms with Crippen molar-refractivity contribution in [3.05, 3.63) is 62.1 Å². The lowest BCUT2D eigenvalue weighted by molar-refractivity contribution is 0.302. The van der Waals surface area contributed by atoms with Crippen LogP contribution in [-0.4, -0.2) is 6.54 Å². The van der Waals surface area contributed by atoms with Gasteiger partial charge in [0, 0.05) is 15.1 Å². The van der Waals surface area contributed by atoms with Crippen molar-refractivity contribution in [1.29, 1.82) is 0 Å². The maximum absolute atomic E-state index is 6.22. The van der Waals surface area contributed by atoms with Gasteiger partial charge in [-0.15, -0.1) is 0 Å². The number of rotatable bonds is 5. The van der Waals surface area contributed by atoms with E-state index in [1.165, 1.54) is 5.56 Å². The van der Waals surface area contributed by atoms with E-state index in [0.717, 1.165) is 33.3 Å². The predicted octanol–water partition coefficient (Wildman–Crippen LogP) is 4.80. The zero-order valence-corrected chi connectivity index (χ0v) is 14.6. The Morgan fingerprint density at radius 1 is 1.14 bits per heavy atom. The molecule has 2 nitrogen and oxygen atoms in total. The van der Waals surface area contributed by atoms with Crippen molar-refractivity contribution < 1.29 is 4.74 Å². The van der Waals surface area contributed by atoms with Crippen LogP contribution in [-0.2, 0) is 13.0 Å².